The summed E-state index contributed by atoms with van der Waals surface area (Å²) >= 11 is 0. The highest BCUT2D eigenvalue weighted by molar-refractivity contribution is 5.94. The molecule has 0 bridgehead atoms. The van der Waals surface area contributed by atoms with Gasteiger partial charge in [0.15, 0.2) is 0 Å². The van der Waals surface area contributed by atoms with Gasteiger partial charge in [-0.3, -0.25) is 9.36 Å². The van der Waals surface area contributed by atoms with Crippen molar-refractivity contribution in [3.63, 3.8) is 0 Å². The molecule has 1 aromatic carbocycles. The van der Waals surface area contributed by atoms with Crippen LogP contribution in [0.4, 0.5) is 4.79 Å². The first-order chi connectivity index (χ1) is 14.2. The fourth-order valence-electron chi connectivity index (χ4n) is 3.76. The Morgan fingerprint density at radius 1 is 1.00 bits per heavy atom. The monoisotopic (exact) mass is 412 g/mol. The van der Waals surface area contributed by atoms with Crippen molar-refractivity contribution in [1.82, 2.24) is 19.4 Å². The van der Waals surface area contributed by atoms with Crippen LogP contribution in [0.15, 0.2) is 35.1 Å². The molecule has 1 aliphatic heterocycles. The summed E-state index contributed by atoms with van der Waals surface area (Å²) in [6.07, 6.45) is 1.57. The number of ether oxygens (including phenoxy) is 1. The molecule has 8 heteroatoms. The first-order valence-corrected chi connectivity index (χ1v) is 10.4. The van der Waals surface area contributed by atoms with Gasteiger partial charge in [-0.15, -0.1) is 0 Å². The summed E-state index contributed by atoms with van der Waals surface area (Å²) in [5, 5.41) is 0. The van der Waals surface area contributed by atoms with Crippen molar-refractivity contribution in [3.8, 4) is 5.69 Å². The smallest absolute Gasteiger partial charge is 0.410 e. The SMILES string of the molecule is CC(C)(C)OC(=O)N1CCN(C(=O)c2[nH]c(=O)n(-c3ccccc3)c2C2CC2)CC1. The number of amides is 2. The molecule has 2 aromatic rings. The Morgan fingerprint density at radius 2 is 1.60 bits per heavy atom. The highest BCUT2D eigenvalue weighted by Crippen LogP contribution is 2.42. The minimum Gasteiger partial charge on any atom is -0.444 e. The molecule has 1 aliphatic carbocycles. The number of piperazine rings is 1. The minimum absolute atomic E-state index is 0.187. The number of hydrogen-bond donors (Lipinski definition) is 1. The summed E-state index contributed by atoms with van der Waals surface area (Å²) in [6.45, 7) is 7.11. The molecule has 1 N–H and O–H groups in total. The summed E-state index contributed by atoms with van der Waals surface area (Å²) in [4.78, 5) is 44.4. The Balaban J connectivity index is 1.53. The van der Waals surface area contributed by atoms with Crippen molar-refractivity contribution < 1.29 is 14.3 Å². The Labute approximate surface area is 175 Å². The van der Waals surface area contributed by atoms with Gasteiger partial charge >= 0.3 is 11.8 Å². The Bertz CT molecular complexity index is 990. The lowest BCUT2D eigenvalue weighted by Crippen LogP contribution is -2.51. The topological polar surface area (TPSA) is 87.6 Å². The van der Waals surface area contributed by atoms with E-state index in [1.165, 1.54) is 0 Å². The van der Waals surface area contributed by atoms with E-state index in [4.69, 9.17) is 4.74 Å². The van der Waals surface area contributed by atoms with Gasteiger partial charge in [0.25, 0.3) is 5.91 Å². The number of benzene rings is 1. The Kier molecular flexibility index (Phi) is 5.17. The van der Waals surface area contributed by atoms with Gasteiger partial charge in [-0.2, -0.15) is 0 Å². The van der Waals surface area contributed by atoms with Crippen LogP contribution in [0, 0.1) is 0 Å². The maximum absolute atomic E-state index is 13.3. The van der Waals surface area contributed by atoms with Crippen LogP contribution in [-0.4, -0.2) is 63.1 Å². The summed E-state index contributed by atoms with van der Waals surface area (Å²) in [5.74, 6) is 0.0266. The molecule has 2 heterocycles. The second kappa shape index (κ2) is 7.66. The molecule has 1 saturated heterocycles. The molecule has 1 saturated carbocycles. The summed E-state index contributed by atoms with van der Waals surface area (Å²) < 4.78 is 7.04. The van der Waals surface area contributed by atoms with Gasteiger partial charge in [0, 0.05) is 32.1 Å². The fourth-order valence-corrected chi connectivity index (χ4v) is 3.76. The van der Waals surface area contributed by atoms with E-state index in [-0.39, 0.29) is 23.6 Å². The van der Waals surface area contributed by atoms with E-state index in [2.05, 4.69) is 4.98 Å². The number of hydrogen-bond acceptors (Lipinski definition) is 4. The average Bonchev–Trinajstić information content (AvgIpc) is 3.49. The van der Waals surface area contributed by atoms with Crippen molar-refractivity contribution in [2.24, 2.45) is 0 Å². The molecule has 1 aromatic heterocycles. The number of imidazole rings is 1. The van der Waals surface area contributed by atoms with E-state index in [9.17, 15) is 14.4 Å². The normalized spacial score (nSPS) is 17.2. The number of aromatic nitrogens is 2. The average molecular weight is 412 g/mol. The maximum atomic E-state index is 13.3. The zero-order valence-corrected chi connectivity index (χ0v) is 17.7. The molecule has 0 spiro atoms. The summed E-state index contributed by atoms with van der Waals surface area (Å²) in [5.41, 5.74) is 1.05. The van der Waals surface area contributed by atoms with Crippen LogP contribution < -0.4 is 5.69 Å². The van der Waals surface area contributed by atoms with E-state index >= 15 is 0 Å². The zero-order chi connectivity index (χ0) is 21.5. The molecule has 0 unspecified atom stereocenters. The van der Waals surface area contributed by atoms with Gasteiger partial charge in [-0.1, -0.05) is 18.2 Å². The molecular formula is C22H28N4O4. The van der Waals surface area contributed by atoms with E-state index < -0.39 is 5.60 Å². The van der Waals surface area contributed by atoms with Gasteiger partial charge in [0.2, 0.25) is 0 Å². The first kappa shape index (κ1) is 20.3. The molecule has 4 rings (SSSR count). The Morgan fingerprint density at radius 3 is 2.17 bits per heavy atom. The van der Waals surface area contributed by atoms with Crippen molar-refractivity contribution in [1.29, 1.82) is 0 Å². The van der Waals surface area contributed by atoms with Crippen molar-refractivity contribution in [2.45, 2.75) is 45.1 Å². The predicted octanol–water partition coefficient (Wildman–Crippen LogP) is 2.74. The summed E-state index contributed by atoms with van der Waals surface area (Å²) in [7, 11) is 0. The number of para-hydroxylation sites is 1. The third kappa shape index (κ3) is 4.13. The van der Waals surface area contributed by atoms with Crippen molar-refractivity contribution >= 4 is 12.0 Å². The second-order valence-electron chi connectivity index (χ2n) is 8.90. The highest BCUT2D eigenvalue weighted by atomic mass is 16.6. The lowest BCUT2D eigenvalue weighted by atomic mass is 10.1. The van der Waals surface area contributed by atoms with Gasteiger partial charge in [-0.05, 0) is 45.7 Å². The number of aromatic amines is 1. The number of H-pyrrole nitrogens is 1. The van der Waals surface area contributed by atoms with E-state index in [0.29, 0.717) is 31.9 Å². The third-order valence-electron chi connectivity index (χ3n) is 5.34. The number of nitrogens with zero attached hydrogens (tertiary/aromatic N) is 3. The van der Waals surface area contributed by atoms with Crippen molar-refractivity contribution in [3.05, 3.63) is 52.2 Å². The van der Waals surface area contributed by atoms with Crippen LogP contribution in [0.25, 0.3) is 5.69 Å². The van der Waals surface area contributed by atoms with Gasteiger partial charge in [0.05, 0.1) is 11.4 Å². The van der Waals surface area contributed by atoms with E-state index in [1.807, 2.05) is 51.1 Å². The maximum Gasteiger partial charge on any atom is 0.410 e. The van der Waals surface area contributed by atoms with Gasteiger partial charge in [-0.25, -0.2) is 9.59 Å². The van der Waals surface area contributed by atoms with Crippen LogP contribution in [0.5, 0.6) is 0 Å². The van der Waals surface area contributed by atoms with E-state index in [1.54, 1.807) is 14.4 Å². The molecule has 0 radical (unpaired) electrons. The van der Waals surface area contributed by atoms with Gasteiger partial charge < -0.3 is 19.5 Å². The minimum atomic E-state index is -0.553. The number of carbonyl (C=O) groups excluding carboxylic acids is 2. The quantitative estimate of drug-likeness (QED) is 0.840. The zero-order valence-electron chi connectivity index (χ0n) is 17.7. The molecule has 2 fully saturated rings. The van der Waals surface area contributed by atoms with Crippen LogP contribution >= 0.6 is 0 Å². The molecule has 8 nitrogen and oxygen atoms in total. The molecule has 30 heavy (non-hydrogen) atoms. The second-order valence-corrected chi connectivity index (χ2v) is 8.90. The lowest BCUT2D eigenvalue weighted by molar-refractivity contribution is 0.0140. The molecular weight excluding hydrogens is 384 g/mol. The molecule has 2 aliphatic rings. The summed E-state index contributed by atoms with van der Waals surface area (Å²) in [6, 6.07) is 9.39. The molecule has 2 amide bonds. The van der Waals surface area contributed by atoms with Crippen LogP contribution in [-0.2, 0) is 4.74 Å². The highest BCUT2D eigenvalue weighted by Gasteiger charge is 2.36. The number of rotatable bonds is 3. The Hall–Kier alpha value is -3.03. The molecule has 0 atom stereocenters. The standard InChI is InChI=1S/C22H28N4O4/c1-22(2,3)30-21(29)25-13-11-24(12-14-25)19(27)17-18(15-9-10-15)26(20(28)23-17)16-7-5-4-6-8-16/h4-8,15H,9-14H2,1-3H3,(H,23,28). The van der Waals surface area contributed by atoms with Gasteiger partial charge in [0.1, 0.15) is 11.3 Å². The largest absolute Gasteiger partial charge is 0.444 e. The third-order valence-corrected chi connectivity index (χ3v) is 5.34. The van der Waals surface area contributed by atoms with Crippen molar-refractivity contribution in [2.75, 3.05) is 26.2 Å². The predicted molar refractivity (Wildman–Crippen MR) is 112 cm³/mol. The fraction of sp³-hybridized carbons (Fsp3) is 0.500. The first-order valence-electron chi connectivity index (χ1n) is 10.4. The number of nitrogens with one attached hydrogen (secondary N) is 1. The number of carbonyl (C=O) groups is 2. The van der Waals surface area contributed by atoms with Crippen LogP contribution in [0.1, 0.15) is 55.7 Å². The molecule has 160 valence electrons. The van der Waals surface area contributed by atoms with Crippen LogP contribution in [0.2, 0.25) is 0 Å². The van der Waals surface area contributed by atoms with Crippen LogP contribution in [0.3, 0.4) is 0 Å². The van der Waals surface area contributed by atoms with E-state index in [0.717, 1.165) is 24.2 Å². The lowest BCUT2D eigenvalue weighted by Gasteiger charge is -2.35.